The second-order valence-corrected chi connectivity index (χ2v) is 12.2. The summed E-state index contributed by atoms with van der Waals surface area (Å²) in [5, 5.41) is 3.86. The van der Waals surface area contributed by atoms with Gasteiger partial charge in [-0.25, -0.2) is 0 Å². The van der Waals surface area contributed by atoms with Gasteiger partial charge in [-0.2, -0.15) is 0 Å². The third-order valence-corrected chi connectivity index (χ3v) is 9.73. The number of para-hydroxylation sites is 1. The Morgan fingerprint density at radius 1 is 0.476 bits per heavy atom. The summed E-state index contributed by atoms with van der Waals surface area (Å²) < 4.78 is 6.34. The third kappa shape index (κ3) is 2.89. The van der Waals surface area contributed by atoms with E-state index in [1.165, 1.54) is 55.6 Å². The topological polar surface area (TPSA) is 21.3 Å². The summed E-state index contributed by atoms with van der Waals surface area (Å²) >= 11 is 0. The van der Waals surface area contributed by atoms with Crippen LogP contribution in [0.25, 0.3) is 22.3 Å². The molecular weight excluding hydrogens is 510 g/mol. The van der Waals surface area contributed by atoms with Crippen LogP contribution in [0.15, 0.2) is 133 Å². The van der Waals surface area contributed by atoms with Crippen LogP contribution in [0.1, 0.15) is 47.2 Å². The molecule has 0 atom stereocenters. The first-order valence-corrected chi connectivity index (χ1v) is 14.7. The van der Waals surface area contributed by atoms with E-state index in [9.17, 15) is 0 Å². The molecule has 2 nitrogen and oxygen atoms in total. The molecule has 1 N–H and O–H groups in total. The molecule has 6 aromatic carbocycles. The minimum absolute atomic E-state index is 0.172. The number of nitrogens with one attached hydrogen (secondary N) is 1. The molecule has 6 aromatic rings. The highest BCUT2D eigenvalue weighted by atomic mass is 16.5. The summed E-state index contributed by atoms with van der Waals surface area (Å²) in [7, 11) is 0. The number of hydrogen-bond acceptors (Lipinski definition) is 2. The van der Waals surface area contributed by atoms with E-state index in [4.69, 9.17) is 4.74 Å². The predicted octanol–water partition coefficient (Wildman–Crippen LogP) is 10.2. The number of fused-ring (bicyclic) bond motifs is 12. The van der Waals surface area contributed by atoms with E-state index in [-0.39, 0.29) is 10.8 Å². The van der Waals surface area contributed by atoms with Crippen molar-refractivity contribution in [3.05, 3.63) is 167 Å². The van der Waals surface area contributed by atoms with Gasteiger partial charge in [0.25, 0.3) is 0 Å². The van der Waals surface area contributed by atoms with E-state index in [1.54, 1.807) is 0 Å². The molecular formula is C40H29NO. The van der Waals surface area contributed by atoms with Gasteiger partial charge in [0.1, 0.15) is 11.5 Å². The lowest BCUT2D eigenvalue weighted by Crippen LogP contribution is -2.25. The molecule has 9 rings (SSSR count). The smallest absolute Gasteiger partial charge is 0.131 e. The van der Waals surface area contributed by atoms with Crippen LogP contribution in [0.4, 0.5) is 11.4 Å². The van der Waals surface area contributed by atoms with Crippen LogP contribution in [0.5, 0.6) is 11.5 Å². The van der Waals surface area contributed by atoms with Crippen molar-refractivity contribution in [3.8, 4) is 33.8 Å². The molecule has 1 heterocycles. The molecule has 2 heteroatoms. The Balaban J connectivity index is 1.23. The Morgan fingerprint density at radius 2 is 1.02 bits per heavy atom. The zero-order chi connectivity index (χ0) is 28.1. The van der Waals surface area contributed by atoms with Gasteiger partial charge in [0.2, 0.25) is 0 Å². The van der Waals surface area contributed by atoms with Gasteiger partial charge in [-0.1, -0.05) is 117 Å². The number of hydrogen-bond donors (Lipinski definition) is 1. The molecule has 0 saturated carbocycles. The largest absolute Gasteiger partial charge is 0.457 e. The molecule has 200 valence electrons. The number of ether oxygens (including phenoxy) is 1. The highest BCUT2D eigenvalue weighted by Gasteiger charge is 2.52. The van der Waals surface area contributed by atoms with Crippen molar-refractivity contribution in [2.24, 2.45) is 0 Å². The predicted molar refractivity (Wildman–Crippen MR) is 171 cm³/mol. The quantitative estimate of drug-likeness (QED) is 0.236. The highest BCUT2D eigenvalue weighted by Crippen LogP contribution is 2.64. The molecule has 42 heavy (non-hydrogen) atoms. The second kappa shape index (κ2) is 8.24. The third-order valence-electron chi connectivity index (χ3n) is 9.73. The Hall–Kier alpha value is -5.08. The van der Waals surface area contributed by atoms with Crippen molar-refractivity contribution < 1.29 is 4.74 Å². The first-order valence-electron chi connectivity index (χ1n) is 14.7. The maximum absolute atomic E-state index is 6.34. The van der Waals surface area contributed by atoms with Crippen molar-refractivity contribution in [1.82, 2.24) is 0 Å². The zero-order valence-corrected chi connectivity index (χ0v) is 23.6. The van der Waals surface area contributed by atoms with Crippen molar-refractivity contribution in [2.75, 3.05) is 5.32 Å². The van der Waals surface area contributed by atoms with Gasteiger partial charge >= 0.3 is 0 Å². The van der Waals surface area contributed by atoms with Crippen LogP contribution < -0.4 is 10.1 Å². The van der Waals surface area contributed by atoms with Crippen LogP contribution >= 0.6 is 0 Å². The van der Waals surface area contributed by atoms with Crippen LogP contribution in [-0.2, 0) is 10.8 Å². The molecule has 0 bridgehead atoms. The summed E-state index contributed by atoms with van der Waals surface area (Å²) in [5.74, 6) is 1.86. The SMILES string of the molecule is CC1(C)c2ccccc2Oc2ccc(Nc3cccc4c3-c3ccccc3C43c4ccccc4-c4ccccc43)cc21. The Bertz CT molecular complexity index is 2040. The molecule has 0 fully saturated rings. The number of benzene rings is 6. The first kappa shape index (κ1) is 23.6. The minimum Gasteiger partial charge on any atom is -0.457 e. The van der Waals surface area contributed by atoms with Crippen molar-refractivity contribution >= 4 is 11.4 Å². The molecule has 1 aliphatic heterocycles. The molecule has 0 saturated heterocycles. The maximum atomic E-state index is 6.34. The Kier molecular flexibility index (Phi) is 4.63. The number of anilines is 2. The average Bonchev–Trinajstić information content (AvgIpc) is 3.50. The van der Waals surface area contributed by atoms with E-state index < -0.39 is 0 Å². The molecule has 0 unspecified atom stereocenters. The van der Waals surface area contributed by atoms with Gasteiger partial charge in [0, 0.05) is 33.5 Å². The lowest BCUT2D eigenvalue weighted by Gasteiger charge is -2.34. The van der Waals surface area contributed by atoms with Crippen molar-refractivity contribution in [2.45, 2.75) is 24.7 Å². The van der Waals surface area contributed by atoms with E-state index in [0.717, 1.165) is 22.9 Å². The van der Waals surface area contributed by atoms with Gasteiger partial charge in [0.15, 0.2) is 0 Å². The number of rotatable bonds is 2. The fourth-order valence-corrected chi connectivity index (χ4v) is 7.92. The normalized spacial score (nSPS) is 15.5. The summed E-state index contributed by atoms with van der Waals surface area (Å²) in [6, 6.07) is 48.5. The van der Waals surface area contributed by atoms with E-state index in [0.29, 0.717) is 0 Å². The van der Waals surface area contributed by atoms with Crippen LogP contribution in [0, 0.1) is 0 Å². The Morgan fingerprint density at radius 3 is 1.74 bits per heavy atom. The summed E-state index contributed by atoms with van der Waals surface area (Å²) in [4.78, 5) is 0. The first-order chi connectivity index (χ1) is 20.6. The van der Waals surface area contributed by atoms with Gasteiger partial charge in [-0.05, 0) is 69.3 Å². The van der Waals surface area contributed by atoms with Crippen molar-refractivity contribution in [1.29, 1.82) is 0 Å². The monoisotopic (exact) mass is 539 g/mol. The average molecular weight is 540 g/mol. The van der Waals surface area contributed by atoms with Gasteiger partial charge in [-0.3, -0.25) is 0 Å². The molecule has 0 radical (unpaired) electrons. The van der Waals surface area contributed by atoms with Crippen LogP contribution in [0.2, 0.25) is 0 Å². The lowest BCUT2D eigenvalue weighted by atomic mass is 9.70. The summed E-state index contributed by atoms with van der Waals surface area (Å²) in [6.07, 6.45) is 0. The second-order valence-electron chi connectivity index (χ2n) is 12.2. The fraction of sp³-hybridized carbons (Fsp3) is 0.100. The zero-order valence-electron chi connectivity index (χ0n) is 23.6. The lowest BCUT2D eigenvalue weighted by molar-refractivity contribution is 0.418. The molecule has 1 spiro atoms. The molecule has 0 aromatic heterocycles. The van der Waals surface area contributed by atoms with E-state index >= 15 is 0 Å². The molecule has 0 amide bonds. The van der Waals surface area contributed by atoms with Crippen LogP contribution in [0.3, 0.4) is 0 Å². The van der Waals surface area contributed by atoms with Gasteiger partial charge in [-0.15, -0.1) is 0 Å². The van der Waals surface area contributed by atoms with E-state index in [2.05, 4.69) is 147 Å². The minimum atomic E-state index is -0.341. The van der Waals surface area contributed by atoms with Crippen molar-refractivity contribution in [3.63, 3.8) is 0 Å². The van der Waals surface area contributed by atoms with Gasteiger partial charge in [0.05, 0.1) is 5.41 Å². The molecule has 2 aliphatic carbocycles. The summed E-state index contributed by atoms with van der Waals surface area (Å²) in [5.41, 5.74) is 14.7. The van der Waals surface area contributed by atoms with E-state index in [1.807, 2.05) is 6.07 Å². The summed E-state index contributed by atoms with van der Waals surface area (Å²) in [6.45, 7) is 4.57. The fourth-order valence-electron chi connectivity index (χ4n) is 7.92. The highest BCUT2D eigenvalue weighted by molar-refractivity contribution is 5.99. The molecule has 3 aliphatic rings. The standard InChI is InChI=1S/C40H29NO/c1-39(2)32-18-9-10-21-36(32)42-37-23-22-25(24-34(37)39)41-35-20-11-19-33-38(35)28-14-5-8-17-31(28)40(33)29-15-6-3-12-26(29)27-13-4-7-16-30(27)40/h3-24,41H,1-2H3. The van der Waals surface area contributed by atoms with Crippen LogP contribution in [-0.4, -0.2) is 0 Å². The Labute approximate surface area is 246 Å². The van der Waals surface area contributed by atoms with Gasteiger partial charge < -0.3 is 10.1 Å². The maximum Gasteiger partial charge on any atom is 0.131 e.